The molecule has 1 saturated carbocycles. The van der Waals surface area contributed by atoms with Crippen molar-refractivity contribution in [2.24, 2.45) is 5.73 Å². The van der Waals surface area contributed by atoms with E-state index < -0.39 is 22.9 Å². The Morgan fingerprint density at radius 2 is 1.90 bits per heavy atom. The Hall–Kier alpha value is -2.87. The first kappa shape index (κ1) is 21.4. The number of amides is 1. The predicted molar refractivity (Wildman–Crippen MR) is 112 cm³/mol. The van der Waals surface area contributed by atoms with Crippen LogP contribution >= 0.6 is 11.6 Å². The minimum atomic E-state index is -4.41. The standard InChI is InChI=1S/C22H19ClF3N3O2/c1-11-8-13(21(22(24,25)26)5-2-3-6-21)14(23)9-12(11)16-10-17(30)18-15(29-16)4-7-28-19(18)20(27)31/h4,7-10H,2-3,5-6H2,1H3,(H2,27,31)(H,29,30). The van der Waals surface area contributed by atoms with Gasteiger partial charge in [0, 0.05) is 22.8 Å². The quantitative estimate of drug-likeness (QED) is 0.588. The molecule has 2 heterocycles. The number of H-pyrrole nitrogens is 1. The van der Waals surface area contributed by atoms with Gasteiger partial charge in [-0.3, -0.25) is 14.6 Å². The third kappa shape index (κ3) is 3.39. The predicted octanol–water partition coefficient (Wildman–Crippen LogP) is 5.02. The van der Waals surface area contributed by atoms with E-state index in [0.29, 0.717) is 35.2 Å². The van der Waals surface area contributed by atoms with Crippen LogP contribution < -0.4 is 11.2 Å². The molecule has 9 heteroatoms. The van der Waals surface area contributed by atoms with Crippen LogP contribution in [0.4, 0.5) is 13.2 Å². The third-order valence-electron chi connectivity index (χ3n) is 6.10. The van der Waals surface area contributed by atoms with Gasteiger partial charge in [0.15, 0.2) is 5.43 Å². The number of carbonyl (C=O) groups is 1. The molecule has 3 N–H and O–H groups in total. The highest BCUT2D eigenvalue weighted by Crippen LogP contribution is 2.54. The largest absolute Gasteiger partial charge is 0.398 e. The van der Waals surface area contributed by atoms with Crippen molar-refractivity contribution >= 4 is 28.4 Å². The number of rotatable bonds is 3. The van der Waals surface area contributed by atoms with E-state index in [9.17, 15) is 22.8 Å². The lowest BCUT2D eigenvalue weighted by molar-refractivity contribution is -0.189. The number of nitrogens with one attached hydrogen (secondary N) is 1. The molecule has 2 aromatic heterocycles. The van der Waals surface area contributed by atoms with Crippen LogP contribution in [-0.2, 0) is 5.41 Å². The van der Waals surface area contributed by atoms with E-state index in [4.69, 9.17) is 17.3 Å². The summed E-state index contributed by atoms with van der Waals surface area (Å²) in [4.78, 5) is 31.2. The molecule has 5 nitrogen and oxygen atoms in total. The van der Waals surface area contributed by atoms with Crippen LogP contribution in [0, 0.1) is 6.92 Å². The maximum absolute atomic E-state index is 14.0. The van der Waals surface area contributed by atoms with Crippen molar-refractivity contribution in [3.05, 3.63) is 62.5 Å². The minimum Gasteiger partial charge on any atom is -0.364 e. The molecule has 4 rings (SSSR count). The fourth-order valence-electron chi connectivity index (χ4n) is 4.55. The zero-order valence-corrected chi connectivity index (χ0v) is 17.3. The molecule has 1 aromatic carbocycles. The van der Waals surface area contributed by atoms with Crippen molar-refractivity contribution in [3.63, 3.8) is 0 Å². The van der Waals surface area contributed by atoms with Crippen LogP contribution in [0.25, 0.3) is 22.2 Å². The van der Waals surface area contributed by atoms with Gasteiger partial charge in [0.2, 0.25) is 0 Å². The lowest BCUT2D eigenvalue weighted by Gasteiger charge is -2.33. The number of aryl methyl sites for hydroxylation is 1. The number of aromatic amines is 1. The number of nitrogens with two attached hydrogens (primary N) is 1. The number of halogens is 4. The van der Waals surface area contributed by atoms with Gasteiger partial charge in [0.1, 0.15) is 5.69 Å². The van der Waals surface area contributed by atoms with Crippen molar-refractivity contribution in [3.8, 4) is 11.3 Å². The maximum atomic E-state index is 14.0. The summed E-state index contributed by atoms with van der Waals surface area (Å²) >= 11 is 6.39. The van der Waals surface area contributed by atoms with Gasteiger partial charge in [-0.1, -0.05) is 30.5 Å². The number of carbonyl (C=O) groups excluding carboxylic acids is 1. The molecule has 1 fully saturated rings. The number of aromatic nitrogens is 2. The normalized spacial score (nSPS) is 16.0. The zero-order chi connectivity index (χ0) is 22.6. The lowest BCUT2D eigenvalue weighted by atomic mass is 9.77. The maximum Gasteiger partial charge on any atom is 0.398 e. The monoisotopic (exact) mass is 449 g/mol. The summed E-state index contributed by atoms with van der Waals surface area (Å²) in [5.74, 6) is -0.832. The van der Waals surface area contributed by atoms with Crippen molar-refractivity contribution in [1.82, 2.24) is 9.97 Å². The fourth-order valence-corrected chi connectivity index (χ4v) is 4.90. The number of benzene rings is 1. The van der Waals surface area contributed by atoms with Crippen LogP contribution in [0.1, 0.15) is 47.3 Å². The zero-order valence-electron chi connectivity index (χ0n) is 16.6. The number of fused-ring (bicyclic) bond motifs is 1. The molecule has 0 spiro atoms. The molecule has 162 valence electrons. The molecule has 0 radical (unpaired) electrons. The number of alkyl halides is 3. The smallest absolute Gasteiger partial charge is 0.364 e. The van der Waals surface area contributed by atoms with Gasteiger partial charge >= 0.3 is 6.18 Å². The molecule has 0 aliphatic heterocycles. The van der Waals surface area contributed by atoms with Crippen LogP contribution in [-0.4, -0.2) is 22.1 Å². The minimum absolute atomic E-state index is 0.00467. The van der Waals surface area contributed by atoms with Crippen molar-refractivity contribution in [1.29, 1.82) is 0 Å². The lowest BCUT2D eigenvalue weighted by Crippen LogP contribution is -2.40. The van der Waals surface area contributed by atoms with Crippen LogP contribution in [0.2, 0.25) is 5.02 Å². The van der Waals surface area contributed by atoms with Crippen molar-refractivity contribution < 1.29 is 18.0 Å². The molecule has 1 aliphatic carbocycles. The Kier molecular flexibility index (Phi) is 5.08. The average Bonchev–Trinajstić information content (AvgIpc) is 3.20. The topological polar surface area (TPSA) is 88.8 Å². The van der Waals surface area contributed by atoms with Gasteiger partial charge in [-0.15, -0.1) is 0 Å². The third-order valence-corrected chi connectivity index (χ3v) is 6.41. The Bertz CT molecular complexity index is 1260. The Labute approximate surface area is 180 Å². The first-order valence-corrected chi connectivity index (χ1v) is 10.1. The Balaban J connectivity index is 1.89. The Morgan fingerprint density at radius 3 is 2.52 bits per heavy atom. The summed E-state index contributed by atoms with van der Waals surface area (Å²) < 4.78 is 42.1. The fraction of sp³-hybridized carbons (Fsp3) is 0.318. The van der Waals surface area contributed by atoms with E-state index >= 15 is 0 Å². The summed E-state index contributed by atoms with van der Waals surface area (Å²) in [6.45, 7) is 1.68. The molecule has 1 aliphatic rings. The number of primary amides is 1. The first-order chi connectivity index (χ1) is 14.5. The van der Waals surface area contributed by atoms with E-state index in [1.165, 1.54) is 30.5 Å². The summed E-state index contributed by atoms with van der Waals surface area (Å²) in [5.41, 5.74) is 4.56. The molecule has 3 aromatic rings. The highest BCUT2D eigenvalue weighted by molar-refractivity contribution is 6.31. The second kappa shape index (κ2) is 7.37. The van der Waals surface area contributed by atoms with Gasteiger partial charge in [0.25, 0.3) is 5.91 Å². The molecule has 0 saturated heterocycles. The van der Waals surface area contributed by atoms with Gasteiger partial charge < -0.3 is 10.7 Å². The molecule has 31 heavy (non-hydrogen) atoms. The average molecular weight is 450 g/mol. The van der Waals surface area contributed by atoms with Crippen molar-refractivity contribution in [2.75, 3.05) is 0 Å². The summed E-state index contributed by atoms with van der Waals surface area (Å²) in [6, 6.07) is 5.73. The van der Waals surface area contributed by atoms with E-state index in [2.05, 4.69) is 9.97 Å². The van der Waals surface area contributed by atoms with E-state index in [1.54, 1.807) is 6.92 Å². The first-order valence-electron chi connectivity index (χ1n) is 9.75. The summed E-state index contributed by atoms with van der Waals surface area (Å²) in [5, 5.41) is 0.0643. The van der Waals surface area contributed by atoms with E-state index in [-0.39, 0.29) is 34.5 Å². The van der Waals surface area contributed by atoms with E-state index in [1.807, 2.05) is 0 Å². The highest BCUT2D eigenvalue weighted by atomic mass is 35.5. The SMILES string of the molecule is Cc1cc(C2(C(F)(F)F)CCCC2)c(Cl)cc1-c1cc(=O)c2c(C(N)=O)nccc2[nH]1. The second-order valence-electron chi connectivity index (χ2n) is 7.93. The molecule has 0 unspecified atom stereocenters. The number of nitrogens with zero attached hydrogens (tertiary/aromatic N) is 1. The van der Waals surface area contributed by atoms with Crippen LogP contribution in [0.15, 0.2) is 35.3 Å². The Morgan fingerprint density at radius 1 is 1.23 bits per heavy atom. The van der Waals surface area contributed by atoms with Crippen LogP contribution in [0.5, 0.6) is 0 Å². The van der Waals surface area contributed by atoms with Crippen molar-refractivity contribution in [2.45, 2.75) is 44.2 Å². The summed E-state index contributed by atoms with van der Waals surface area (Å²) in [6.07, 6.45) is -2.07. The number of hydrogen-bond acceptors (Lipinski definition) is 3. The molecular formula is C22H19ClF3N3O2. The molecule has 0 bridgehead atoms. The number of pyridine rings is 2. The van der Waals surface area contributed by atoms with Gasteiger partial charge in [-0.25, -0.2) is 0 Å². The molecular weight excluding hydrogens is 431 g/mol. The van der Waals surface area contributed by atoms with Gasteiger partial charge in [-0.2, -0.15) is 13.2 Å². The number of hydrogen-bond donors (Lipinski definition) is 2. The second-order valence-corrected chi connectivity index (χ2v) is 8.33. The molecule has 0 atom stereocenters. The van der Waals surface area contributed by atoms with Gasteiger partial charge in [0.05, 0.1) is 22.0 Å². The highest BCUT2D eigenvalue weighted by Gasteiger charge is 2.57. The van der Waals surface area contributed by atoms with E-state index in [0.717, 1.165) is 0 Å². The molecule has 1 amide bonds. The summed E-state index contributed by atoms with van der Waals surface area (Å²) in [7, 11) is 0. The van der Waals surface area contributed by atoms with Gasteiger partial charge in [-0.05, 0) is 43.0 Å². The van der Waals surface area contributed by atoms with Crippen LogP contribution in [0.3, 0.4) is 0 Å².